The van der Waals surface area contributed by atoms with Crippen LogP contribution in [-0.4, -0.2) is 45.7 Å². The van der Waals surface area contributed by atoms with Gasteiger partial charge in [-0.15, -0.1) is 0 Å². The van der Waals surface area contributed by atoms with E-state index in [2.05, 4.69) is 19.9 Å². The Morgan fingerprint density at radius 2 is 2.12 bits per heavy atom. The molecule has 1 aromatic carbocycles. The van der Waals surface area contributed by atoms with Crippen molar-refractivity contribution < 1.29 is 9.13 Å². The molecule has 3 heterocycles. The van der Waals surface area contributed by atoms with Crippen LogP contribution < -0.4 is 4.90 Å². The zero-order chi connectivity index (χ0) is 18.3. The molecule has 1 aliphatic rings. The predicted octanol–water partition coefficient (Wildman–Crippen LogP) is 3.41. The van der Waals surface area contributed by atoms with Crippen LogP contribution in [0.3, 0.4) is 0 Å². The minimum atomic E-state index is -0.457. The van der Waals surface area contributed by atoms with Gasteiger partial charge in [-0.2, -0.15) is 4.98 Å². The van der Waals surface area contributed by atoms with E-state index < -0.39 is 5.82 Å². The van der Waals surface area contributed by atoms with Gasteiger partial charge in [0.25, 0.3) is 0 Å². The van der Waals surface area contributed by atoms with Crippen molar-refractivity contribution in [3.05, 3.63) is 40.9 Å². The molecule has 1 aliphatic heterocycles. The third-order valence-electron chi connectivity index (χ3n) is 4.23. The lowest BCUT2D eigenvalue weighted by Crippen LogP contribution is -2.42. The van der Waals surface area contributed by atoms with Crippen molar-refractivity contribution >= 4 is 28.7 Å². The highest BCUT2D eigenvalue weighted by molar-refractivity contribution is 6.30. The van der Waals surface area contributed by atoms with Gasteiger partial charge in [0.15, 0.2) is 5.65 Å². The summed E-state index contributed by atoms with van der Waals surface area (Å²) in [6, 6.07) is 4.50. The van der Waals surface area contributed by atoms with Crippen LogP contribution in [0.5, 0.6) is 0 Å². The molecule has 0 N–H and O–H groups in total. The molecule has 134 valence electrons. The molecule has 4 rings (SSSR count). The smallest absolute Gasteiger partial charge is 0.228 e. The summed E-state index contributed by atoms with van der Waals surface area (Å²) in [6.07, 6.45) is 1.70. The Hall–Kier alpha value is -2.38. The number of ether oxygens (including phenoxy) is 1. The number of morpholine rings is 1. The first kappa shape index (κ1) is 17.1. The number of aromatic nitrogens is 4. The second-order valence-corrected chi connectivity index (χ2v) is 6.74. The molecule has 2 aromatic heterocycles. The summed E-state index contributed by atoms with van der Waals surface area (Å²) in [5.74, 6) is 0.0399. The number of nitrogens with zero attached hydrogens (tertiary/aromatic N) is 5. The van der Waals surface area contributed by atoms with Crippen molar-refractivity contribution in [1.29, 1.82) is 0 Å². The van der Waals surface area contributed by atoms with Gasteiger partial charge < -0.3 is 9.64 Å². The number of hydrogen-bond donors (Lipinski definition) is 0. The summed E-state index contributed by atoms with van der Waals surface area (Å²) in [7, 11) is 0. The normalized spacial score (nSPS) is 17.7. The molecule has 0 aliphatic carbocycles. The standard InChI is InChI=1S/C18H17ClFN5O/c1-10-8-21-16-15(13-4-3-12(19)7-14(13)20)23-18(24-17(16)22-10)25-5-6-26-11(2)9-25/h3-4,7-8,11H,5-6,9H2,1-2H3/t11-/m0/s1. The number of hydrogen-bond acceptors (Lipinski definition) is 6. The Kier molecular flexibility index (Phi) is 4.42. The number of halogens is 2. The topological polar surface area (TPSA) is 64.0 Å². The Bertz CT molecular complexity index is 983. The van der Waals surface area contributed by atoms with Gasteiger partial charge in [-0.1, -0.05) is 11.6 Å². The molecule has 0 bridgehead atoms. The van der Waals surface area contributed by atoms with Gasteiger partial charge in [-0.25, -0.2) is 19.3 Å². The fourth-order valence-electron chi connectivity index (χ4n) is 2.99. The molecular formula is C18H17ClFN5O. The number of benzene rings is 1. The molecule has 26 heavy (non-hydrogen) atoms. The zero-order valence-corrected chi connectivity index (χ0v) is 15.2. The lowest BCUT2D eigenvalue weighted by Gasteiger charge is -2.31. The first-order valence-corrected chi connectivity index (χ1v) is 8.72. The van der Waals surface area contributed by atoms with Gasteiger partial charge in [0, 0.05) is 29.9 Å². The molecule has 0 spiro atoms. The molecule has 0 amide bonds. The van der Waals surface area contributed by atoms with E-state index in [1.807, 2.05) is 18.7 Å². The van der Waals surface area contributed by atoms with Gasteiger partial charge >= 0.3 is 0 Å². The van der Waals surface area contributed by atoms with E-state index in [-0.39, 0.29) is 6.10 Å². The monoisotopic (exact) mass is 373 g/mol. The fraction of sp³-hybridized carbons (Fsp3) is 0.333. The highest BCUT2D eigenvalue weighted by Gasteiger charge is 2.22. The lowest BCUT2D eigenvalue weighted by molar-refractivity contribution is 0.0526. The second-order valence-electron chi connectivity index (χ2n) is 6.31. The largest absolute Gasteiger partial charge is 0.375 e. The average Bonchev–Trinajstić information content (AvgIpc) is 2.60. The number of aryl methyl sites for hydroxylation is 1. The quantitative estimate of drug-likeness (QED) is 0.686. The van der Waals surface area contributed by atoms with Crippen molar-refractivity contribution in [2.24, 2.45) is 0 Å². The minimum Gasteiger partial charge on any atom is -0.375 e. The maximum atomic E-state index is 14.6. The van der Waals surface area contributed by atoms with Gasteiger partial charge in [0.05, 0.1) is 18.4 Å². The van der Waals surface area contributed by atoms with Crippen molar-refractivity contribution in [1.82, 2.24) is 19.9 Å². The number of fused-ring (bicyclic) bond motifs is 1. The third-order valence-corrected chi connectivity index (χ3v) is 4.46. The molecule has 3 aromatic rings. The highest BCUT2D eigenvalue weighted by atomic mass is 35.5. The van der Waals surface area contributed by atoms with Gasteiger partial charge in [0.1, 0.15) is 17.0 Å². The van der Waals surface area contributed by atoms with Crippen LogP contribution in [0, 0.1) is 12.7 Å². The van der Waals surface area contributed by atoms with Crippen LogP contribution in [0.4, 0.5) is 10.3 Å². The van der Waals surface area contributed by atoms with E-state index >= 15 is 0 Å². The number of anilines is 1. The Morgan fingerprint density at radius 3 is 2.88 bits per heavy atom. The molecule has 1 saturated heterocycles. The Balaban J connectivity index is 1.92. The number of rotatable bonds is 2. The first-order valence-electron chi connectivity index (χ1n) is 8.34. The minimum absolute atomic E-state index is 0.0716. The van der Waals surface area contributed by atoms with E-state index in [9.17, 15) is 4.39 Å². The van der Waals surface area contributed by atoms with Gasteiger partial charge in [-0.3, -0.25) is 0 Å². The van der Waals surface area contributed by atoms with Crippen LogP contribution >= 0.6 is 11.6 Å². The van der Waals surface area contributed by atoms with E-state index in [1.165, 1.54) is 6.07 Å². The second kappa shape index (κ2) is 6.74. The Labute approximate surface area is 155 Å². The van der Waals surface area contributed by atoms with Gasteiger partial charge in [-0.05, 0) is 32.0 Å². The predicted molar refractivity (Wildman–Crippen MR) is 97.9 cm³/mol. The molecule has 0 radical (unpaired) electrons. The maximum absolute atomic E-state index is 14.6. The van der Waals surface area contributed by atoms with Crippen molar-refractivity contribution in [2.45, 2.75) is 20.0 Å². The van der Waals surface area contributed by atoms with Crippen LogP contribution in [0.15, 0.2) is 24.4 Å². The van der Waals surface area contributed by atoms with Crippen LogP contribution in [0.1, 0.15) is 12.6 Å². The van der Waals surface area contributed by atoms with Crippen molar-refractivity contribution in [2.75, 3.05) is 24.6 Å². The summed E-state index contributed by atoms with van der Waals surface area (Å²) in [6.45, 7) is 5.75. The molecule has 0 saturated carbocycles. The molecule has 6 nitrogen and oxygen atoms in total. The molecule has 0 unspecified atom stereocenters. The SMILES string of the molecule is Cc1cnc2c(-c3ccc(Cl)cc3F)nc(N3CCO[C@@H](C)C3)nc2n1. The van der Waals surface area contributed by atoms with Crippen molar-refractivity contribution in [3.8, 4) is 11.3 Å². The van der Waals surface area contributed by atoms with Crippen LogP contribution in [0.2, 0.25) is 5.02 Å². The summed E-state index contributed by atoms with van der Waals surface area (Å²) < 4.78 is 20.1. The maximum Gasteiger partial charge on any atom is 0.228 e. The highest BCUT2D eigenvalue weighted by Crippen LogP contribution is 2.30. The van der Waals surface area contributed by atoms with E-state index in [4.69, 9.17) is 16.3 Å². The van der Waals surface area contributed by atoms with E-state index in [0.29, 0.717) is 53.1 Å². The lowest BCUT2D eigenvalue weighted by atomic mass is 10.1. The average molecular weight is 374 g/mol. The van der Waals surface area contributed by atoms with Crippen molar-refractivity contribution in [3.63, 3.8) is 0 Å². The van der Waals surface area contributed by atoms with Crippen LogP contribution in [-0.2, 0) is 4.74 Å². The molecule has 1 atom stereocenters. The van der Waals surface area contributed by atoms with E-state index in [0.717, 1.165) is 5.69 Å². The summed E-state index contributed by atoms with van der Waals surface area (Å²) in [5.41, 5.74) is 2.37. The molecule has 8 heteroatoms. The van der Waals surface area contributed by atoms with Crippen LogP contribution in [0.25, 0.3) is 22.4 Å². The fourth-order valence-corrected chi connectivity index (χ4v) is 3.15. The third kappa shape index (κ3) is 3.20. The Morgan fingerprint density at radius 1 is 1.27 bits per heavy atom. The zero-order valence-electron chi connectivity index (χ0n) is 14.4. The molecular weight excluding hydrogens is 357 g/mol. The summed E-state index contributed by atoms with van der Waals surface area (Å²) >= 11 is 5.89. The van der Waals surface area contributed by atoms with E-state index in [1.54, 1.807) is 18.3 Å². The first-order chi connectivity index (χ1) is 12.5. The summed E-state index contributed by atoms with van der Waals surface area (Å²) in [4.78, 5) is 20.1. The van der Waals surface area contributed by atoms with Gasteiger partial charge in [0.2, 0.25) is 5.95 Å². The summed E-state index contributed by atoms with van der Waals surface area (Å²) in [5, 5.41) is 0.328. The molecule has 1 fully saturated rings.